The number of carboxylic acid groups (broad SMARTS) is 1. The van der Waals surface area contributed by atoms with Crippen LogP contribution in [0.3, 0.4) is 0 Å². The Bertz CT molecular complexity index is 745. The zero-order valence-electron chi connectivity index (χ0n) is 12.8. The van der Waals surface area contributed by atoms with E-state index in [4.69, 9.17) is 14.6 Å². The van der Waals surface area contributed by atoms with Crippen molar-refractivity contribution >= 4 is 17.8 Å². The molecule has 0 unspecified atom stereocenters. The molecule has 1 N–H and O–H groups in total. The largest absolute Gasteiger partial charge is 0.493 e. The maximum Gasteiger partial charge on any atom is 0.328 e. The van der Waals surface area contributed by atoms with E-state index in [1.54, 1.807) is 42.5 Å². The van der Waals surface area contributed by atoms with E-state index in [1.807, 2.05) is 0 Å². The number of hydrogen-bond donors (Lipinski definition) is 1. The molecule has 0 saturated carbocycles. The Balaban J connectivity index is 2.55. The van der Waals surface area contributed by atoms with Gasteiger partial charge in [-0.3, -0.25) is 4.79 Å². The van der Waals surface area contributed by atoms with Gasteiger partial charge in [0.1, 0.15) is 6.29 Å². The topological polar surface area (TPSA) is 72.8 Å². The Labute approximate surface area is 133 Å². The lowest BCUT2D eigenvalue weighted by atomic mass is 9.96. The third-order valence-electron chi connectivity index (χ3n) is 3.32. The van der Waals surface area contributed by atoms with Crippen LogP contribution >= 0.6 is 0 Å². The molecule has 2 rings (SSSR count). The van der Waals surface area contributed by atoms with Crippen LogP contribution in [0, 0.1) is 0 Å². The number of carboxylic acids is 1. The van der Waals surface area contributed by atoms with E-state index in [9.17, 15) is 9.59 Å². The zero-order chi connectivity index (χ0) is 16.8. The molecule has 0 bridgehead atoms. The van der Waals surface area contributed by atoms with Crippen LogP contribution in [0.25, 0.3) is 5.57 Å². The standard InChI is InChI=1S/C18H16O5/c1-22-16-8-7-14(9-17(16)23-2)15(10-18(20)21)13-5-3-12(11-19)4-6-13/h3-11H,1-2H3,(H,20,21). The molecule has 0 aliphatic heterocycles. The molecule has 0 aliphatic rings. The van der Waals surface area contributed by atoms with Crippen molar-refractivity contribution in [3.05, 3.63) is 65.2 Å². The Morgan fingerprint density at radius 2 is 1.57 bits per heavy atom. The van der Waals surface area contributed by atoms with Gasteiger partial charge in [-0.2, -0.15) is 0 Å². The second-order valence-electron chi connectivity index (χ2n) is 4.71. The monoisotopic (exact) mass is 312 g/mol. The van der Waals surface area contributed by atoms with Gasteiger partial charge in [-0.25, -0.2) is 4.79 Å². The van der Waals surface area contributed by atoms with Gasteiger partial charge in [0.25, 0.3) is 0 Å². The first-order valence-corrected chi connectivity index (χ1v) is 6.81. The van der Waals surface area contributed by atoms with Gasteiger partial charge in [-0.15, -0.1) is 0 Å². The molecule has 0 heterocycles. The minimum absolute atomic E-state index is 0.505. The molecule has 2 aromatic carbocycles. The van der Waals surface area contributed by atoms with Crippen molar-refractivity contribution in [2.24, 2.45) is 0 Å². The lowest BCUT2D eigenvalue weighted by molar-refractivity contribution is -0.131. The number of hydrogen-bond acceptors (Lipinski definition) is 4. The highest BCUT2D eigenvalue weighted by Crippen LogP contribution is 2.32. The van der Waals surface area contributed by atoms with E-state index >= 15 is 0 Å². The molecule has 0 fully saturated rings. The number of carbonyl (C=O) groups is 2. The van der Waals surface area contributed by atoms with Crippen LogP contribution in [0.1, 0.15) is 21.5 Å². The van der Waals surface area contributed by atoms with Gasteiger partial charge < -0.3 is 14.6 Å². The highest BCUT2D eigenvalue weighted by atomic mass is 16.5. The van der Waals surface area contributed by atoms with Crippen LogP contribution in [0.2, 0.25) is 0 Å². The smallest absolute Gasteiger partial charge is 0.328 e. The number of aldehydes is 1. The minimum atomic E-state index is -1.06. The summed E-state index contributed by atoms with van der Waals surface area (Å²) in [5.41, 5.74) is 2.39. The van der Waals surface area contributed by atoms with E-state index in [-0.39, 0.29) is 0 Å². The minimum Gasteiger partial charge on any atom is -0.493 e. The van der Waals surface area contributed by atoms with Crippen molar-refractivity contribution in [1.29, 1.82) is 0 Å². The molecular formula is C18H16O5. The average molecular weight is 312 g/mol. The summed E-state index contributed by atoms with van der Waals surface area (Å²) in [6.07, 6.45) is 1.86. The molecule has 5 heteroatoms. The van der Waals surface area contributed by atoms with E-state index in [0.29, 0.717) is 33.8 Å². The van der Waals surface area contributed by atoms with Crippen LogP contribution in [0.15, 0.2) is 48.5 Å². The summed E-state index contributed by atoms with van der Waals surface area (Å²) >= 11 is 0. The molecule has 0 radical (unpaired) electrons. The number of methoxy groups -OCH3 is 2. The van der Waals surface area contributed by atoms with Crippen molar-refractivity contribution in [2.75, 3.05) is 14.2 Å². The van der Waals surface area contributed by atoms with Crippen molar-refractivity contribution in [2.45, 2.75) is 0 Å². The van der Waals surface area contributed by atoms with Gasteiger partial charge in [0.15, 0.2) is 11.5 Å². The summed E-state index contributed by atoms with van der Waals surface area (Å²) in [6, 6.07) is 11.9. The molecule has 23 heavy (non-hydrogen) atoms. The SMILES string of the molecule is COc1ccc(C(=CC(=O)O)c2ccc(C=O)cc2)cc1OC. The summed E-state index contributed by atoms with van der Waals surface area (Å²) < 4.78 is 10.4. The number of ether oxygens (including phenoxy) is 2. The fourth-order valence-electron chi connectivity index (χ4n) is 2.20. The number of carbonyl (C=O) groups excluding carboxylic acids is 1. The summed E-state index contributed by atoms with van der Waals surface area (Å²) in [4.78, 5) is 21.9. The van der Waals surface area contributed by atoms with Crippen LogP contribution in [0.4, 0.5) is 0 Å². The Morgan fingerprint density at radius 3 is 2.09 bits per heavy atom. The Morgan fingerprint density at radius 1 is 0.957 bits per heavy atom. The maximum absolute atomic E-state index is 11.2. The molecule has 0 atom stereocenters. The molecule has 0 spiro atoms. The van der Waals surface area contributed by atoms with E-state index in [2.05, 4.69) is 0 Å². The van der Waals surface area contributed by atoms with Gasteiger partial charge in [0.05, 0.1) is 14.2 Å². The van der Waals surface area contributed by atoms with Gasteiger partial charge in [0, 0.05) is 11.6 Å². The molecule has 0 aliphatic carbocycles. The summed E-state index contributed by atoms with van der Waals surface area (Å²) in [6.45, 7) is 0. The summed E-state index contributed by atoms with van der Waals surface area (Å²) in [5.74, 6) is 0.00211. The van der Waals surface area contributed by atoms with E-state index in [1.165, 1.54) is 14.2 Å². The van der Waals surface area contributed by atoms with Crippen molar-refractivity contribution in [3.8, 4) is 11.5 Å². The molecule has 0 amide bonds. The second kappa shape index (κ2) is 7.26. The quantitative estimate of drug-likeness (QED) is 0.655. The first-order chi connectivity index (χ1) is 11.1. The predicted molar refractivity (Wildman–Crippen MR) is 86.1 cm³/mol. The van der Waals surface area contributed by atoms with E-state index < -0.39 is 5.97 Å². The average Bonchev–Trinajstić information content (AvgIpc) is 2.59. The first-order valence-electron chi connectivity index (χ1n) is 6.81. The van der Waals surface area contributed by atoms with Gasteiger partial charge in [-0.05, 0) is 28.8 Å². The molecule has 5 nitrogen and oxygen atoms in total. The highest BCUT2D eigenvalue weighted by Gasteiger charge is 2.11. The lowest BCUT2D eigenvalue weighted by Crippen LogP contribution is -1.97. The van der Waals surface area contributed by atoms with Crippen molar-refractivity contribution < 1.29 is 24.2 Å². The number of benzene rings is 2. The number of aliphatic carboxylic acids is 1. The van der Waals surface area contributed by atoms with Crippen LogP contribution in [0.5, 0.6) is 11.5 Å². The second-order valence-corrected chi connectivity index (χ2v) is 4.71. The zero-order valence-corrected chi connectivity index (χ0v) is 12.8. The normalized spacial score (nSPS) is 11.0. The lowest BCUT2D eigenvalue weighted by Gasteiger charge is -2.12. The van der Waals surface area contributed by atoms with Gasteiger partial charge in [-0.1, -0.05) is 30.3 Å². The predicted octanol–water partition coefficient (Wildman–Crippen LogP) is 3.03. The summed E-state index contributed by atoms with van der Waals surface area (Å²) in [7, 11) is 3.05. The first kappa shape index (κ1) is 16.3. The van der Waals surface area contributed by atoms with E-state index in [0.717, 1.165) is 12.4 Å². The third-order valence-corrected chi connectivity index (χ3v) is 3.32. The van der Waals surface area contributed by atoms with Crippen LogP contribution in [-0.4, -0.2) is 31.6 Å². The Hall–Kier alpha value is -3.08. The van der Waals surface area contributed by atoms with Crippen molar-refractivity contribution in [1.82, 2.24) is 0 Å². The molecule has 0 aromatic heterocycles. The molecule has 118 valence electrons. The number of rotatable bonds is 6. The van der Waals surface area contributed by atoms with Crippen LogP contribution < -0.4 is 9.47 Å². The maximum atomic E-state index is 11.2. The highest BCUT2D eigenvalue weighted by molar-refractivity contribution is 5.95. The molecular weight excluding hydrogens is 296 g/mol. The fourth-order valence-corrected chi connectivity index (χ4v) is 2.20. The van der Waals surface area contributed by atoms with Crippen LogP contribution in [-0.2, 0) is 4.79 Å². The van der Waals surface area contributed by atoms with Gasteiger partial charge in [0.2, 0.25) is 0 Å². The van der Waals surface area contributed by atoms with Gasteiger partial charge >= 0.3 is 5.97 Å². The third kappa shape index (κ3) is 3.77. The molecule has 0 saturated heterocycles. The molecule has 2 aromatic rings. The van der Waals surface area contributed by atoms with Crippen molar-refractivity contribution in [3.63, 3.8) is 0 Å². The fraction of sp³-hybridized carbons (Fsp3) is 0.111. The Kier molecular flexibility index (Phi) is 5.15. The summed E-state index contributed by atoms with van der Waals surface area (Å²) in [5, 5.41) is 9.15.